The topological polar surface area (TPSA) is 71.1 Å². The Balaban J connectivity index is 1.65. The summed E-state index contributed by atoms with van der Waals surface area (Å²) in [5.74, 6) is 0.195. The number of hydrogen-bond acceptors (Lipinski definition) is 6. The highest BCUT2D eigenvalue weighted by molar-refractivity contribution is 6.30. The molecule has 0 saturated heterocycles. The van der Waals surface area contributed by atoms with E-state index in [-0.39, 0.29) is 12.2 Å². The lowest BCUT2D eigenvalue weighted by Gasteiger charge is -2.12. The summed E-state index contributed by atoms with van der Waals surface area (Å²) in [6.07, 6.45) is 0. The van der Waals surface area contributed by atoms with Crippen molar-refractivity contribution in [2.75, 3.05) is 20.8 Å². The SMILES string of the molecule is COc1ccc(C(=O)COC(=O)c2ccccc2OCc2ccc(Cl)cc2)c(OC)c1. The molecule has 0 bridgehead atoms. The Hall–Kier alpha value is -3.51. The van der Waals surface area contributed by atoms with Crippen molar-refractivity contribution in [3.05, 3.63) is 88.4 Å². The quantitative estimate of drug-likeness (QED) is 0.345. The van der Waals surface area contributed by atoms with E-state index in [1.807, 2.05) is 12.1 Å². The number of Topliss-reactive ketones (excluding diaryl/α,β-unsaturated/α-hetero) is 1. The van der Waals surface area contributed by atoms with Crippen molar-refractivity contribution in [2.45, 2.75) is 6.61 Å². The summed E-state index contributed by atoms with van der Waals surface area (Å²) in [7, 11) is 2.97. The van der Waals surface area contributed by atoms with Gasteiger partial charge in [0.25, 0.3) is 0 Å². The Morgan fingerprint density at radius 2 is 1.58 bits per heavy atom. The summed E-state index contributed by atoms with van der Waals surface area (Å²) in [6.45, 7) is -0.184. The van der Waals surface area contributed by atoms with Crippen LogP contribution in [-0.2, 0) is 11.3 Å². The van der Waals surface area contributed by atoms with Crippen LogP contribution in [0.15, 0.2) is 66.7 Å². The molecule has 0 unspecified atom stereocenters. The van der Waals surface area contributed by atoms with Crippen molar-refractivity contribution in [3.8, 4) is 17.2 Å². The molecule has 0 saturated carbocycles. The molecule has 0 radical (unpaired) electrons. The third-order valence-electron chi connectivity index (χ3n) is 4.46. The Bertz CT molecular complexity index is 1060. The zero-order valence-electron chi connectivity index (χ0n) is 17.1. The molecule has 0 aliphatic heterocycles. The summed E-state index contributed by atoms with van der Waals surface area (Å²) in [4.78, 5) is 25.1. The zero-order valence-corrected chi connectivity index (χ0v) is 17.8. The number of para-hydroxylation sites is 1. The van der Waals surface area contributed by atoms with Gasteiger partial charge in [-0.1, -0.05) is 35.9 Å². The van der Waals surface area contributed by atoms with Gasteiger partial charge in [-0.05, 0) is 42.0 Å². The molecule has 0 heterocycles. The Morgan fingerprint density at radius 1 is 0.839 bits per heavy atom. The monoisotopic (exact) mass is 440 g/mol. The average Bonchev–Trinajstić information content (AvgIpc) is 2.81. The van der Waals surface area contributed by atoms with Crippen LogP contribution >= 0.6 is 11.6 Å². The molecule has 0 fully saturated rings. The van der Waals surface area contributed by atoms with Crippen LogP contribution in [0.25, 0.3) is 0 Å². The second kappa shape index (κ2) is 10.5. The molecule has 160 valence electrons. The first-order valence-corrected chi connectivity index (χ1v) is 9.78. The van der Waals surface area contributed by atoms with E-state index in [1.54, 1.807) is 54.6 Å². The van der Waals surface area contributed by atoms with E-state index >= 15 is 0 Å². The van der Waals surface area contributed by atoms with Gasteiger partial charge in [0.05, 0.1) is 19.8 Å². The molecule has 0 spiro atoms. The number of ether oxygens (including phenoxy) is 4. The lowest BCUT2D eigenvalue weighted by atomic mass is 10.1. The molecule has 7 heteroatoms. The smallest absolute Gasteiger partial charge is 0.342 e. The van der Waals surface area contributed by atoms with E-state index in [0.717, 1.165) is 5.56 Å². The van der Waals surface area contributed by atoms with Crippen LogP contribution in [0, 0.1) is 0 Å². The van der Waals surface area contributed by atoms with Gasteiger partial charge in [0, 0.05) is 11.1 Å². The van der Waals surface area contributed by atoms with E-state index in [2.05, 4.69) is 0 Å². The number of carbonyl (C=O) groups is 2. The van der Waals surface area contributed by atoms with Crippen LogP contribution in [0.3, 0.4) is 0 Å². The molecule has 0 N–H and O–H groups in total. The van der Waals surface area contributed by atoms with Gasteiger partial charge in [-0.15, -0.1) is 0 Å². The van der Waals surface area contributed by atoms with Gasteiger partial charge in [0.2, 0.25) is 5.78 Å². The summed E-state index contributed by atoms with van der Waals surface area (Å²) in [5, 5.41) is 0.630. The van der Waals surface area contributed by atoms with Crippen LogP contribution in [0.1, 0.15) is 26.3 Å². The zero-order chi connectivity index (χ0) is 22.2. The number of halogens is 1. The van der Waals surface area contributed by atoms with E-state index in [4.69, 9.17) is 30.5 Å². The normalized spacial score (nSPS) is 10.3. The highest BCUT2D eigenvalue weighted by Crippen LogP contribution is 2.25. The average molecular weight is 441 g/mol. The van der Waals surface area contributed by atoms with Crippen LogP contribution < -0.4 is 14.2 Å². The number of methoxy groups -OCH3 is 2. The second-order valence-corrected chi connectivity index (χ2v) is 6.91. The Morgan fingerprint density at radius 3 is 2.29 bits per heavy atom. The van der Waals surface area contributed by atoms with Crippen molar-refractivity contribution in [1.29, 1.82) is 0 Å². The van der Waals surface area contributed by atoms with Gasteiger partial charge in [-0.2, -0.15) is 0 Å². The molecular formula is C24H21ClO6. The fraction of sp³-hybridized carbons (Fsp3) is 0.167. The van der Waals surface area contributed by atoms with E-state index in [9.17, 15) is 9.59 Å². The van der Waals surface area contributed by atoms with Gasteiger partial charge in [0.1, 0.15) is 29.4 Å². The molecule has 3 aromatic carbocycles. The number of esters is 1. The number of rotatable bonds is 9. The summed E-state index contributed by atoms with van der Waals surface area (Å²) >= 11 is 5.89. The highest BCUT2D eigenvalue weighted by atomic mass is 35.5. The van der Waals surface area contributed by atoms with Crippen molar-refractivity contribution < 1.29 is 28.5 Å². The van der Waals surface area contributed by atoms with Crippen molar-refractivity contribution in [1.82, 2.24) is 0 Å². The van der Waals surface area contributed by atoms with Crippen molar-refractivity contribution in [2.24, 2.45) is 0 Å². The lowest BCUT2D eigenvalue weighted by molar-refractivity contribution is 0.0469. The van der Waals surface area contributed by atoms with Crippen LogP contribution in [0.4, 0.5) is 0 Å². The predicted octanol–water partition coefficient (Wildman–Crippen LogP) is 4.98. The molecule has 0 aliphatic rings. The number of carbonyl (C=O) groups excluding carboxylic acids is 2. The molecule has 0 aliphatic carbocycles. The number of ketones is 1. The predicted molar refractivity (Wildman–Crippen MR) is 116 cm³/mol. The molecule has 3 rings (SSSR count). The Labute approximate surface area is 185 Å². The molecule has 0 aromatic heterocycles. The molecule has 31 heavy (non-hydrogen) atoms. The van der Waals surface area contributed by atoms with Gasteiger partial charge in [-0.25, -0.2) is 4.79 Å². The Kier molecular flexibility index (Phi) is 7.51. The fourth-order valence-corrected chi connectivity index (χ4v) is 2.94. The summed E-state index contributed by atoms with van der Waals surface area (Å²) < 4.78 is 21.4. The molecule has 6 nitrogen and oxygen atoms in total. The maximum Gasteiger partial charge on any atom is 0.342 e. The lowest BCUT2D eigenvalue weighted by Crippen LogP contribution is -2.16. The first-order chi connectivity index (χ1) is 15.0. The van der Waals surface area contributed by atoms with Crippen LogP contribution in [-0.4, -0.2) is 32.6 Å². The molecule has 3 aromatic rings. The van der Waals surface area contributed by atoms with E-state index in [1.165, 1.54) is 14.2 Å². The van der Waals surface area contributed by atoms with Gasteiger partial charge in [-0.3, -0.25) is 4.79 Å². The standard InChI is InChI=1S/C24H21ClO6/c1-28-18-11-12-19(23(13-18)29-2)21(26)15-31-24(27)20-5-3-4-6-22(20)30-14-16-7-9-17(25)10-8-16/h3-13H,14-15H2,1-2H3. The van der Waals surface area contributed by atoms with Gasteiger partial charge >= 0.3 is 5.97 Å². The fourth-order valence-electron chi connectivity index (χ4n) is 2.82. The van der Waals surface area contributed by atoms with Crippen molar-refractivity contribution in [3.63, 3.8) is 0 Å². The number of hydrogen-bond donors (Lipinski definition) is 0. The highest BCUT2D eigenvalue weighted by Gasteiger charge is 2.18. The van der Waals surface area contributed by atoms with Crippen molar-refractivity contribution >= 4 is 23.4 Å². The summed E-state index contributed by atoms with van der Waals surface area (Å²) in [5.41, 5.74) is 1.42. The van der Waals surface area contributed by atoms with Crippen LogP contribution in [0.2, 0.25) is 5.02 Å². The number of benzene rings is 3. The van der Waals surface area contributed by atoms with Crippen LogP contribution in [0.5, 0.6) is 17.2 Å². The van der Waals surface area contributed by atoms with Gasteiger partial charge in [0.15, 0.2) is 6.61 Å². The third-order valence-corrected chi connectivity index (χ3v) is 4.71. The molecule has 0 amide bonds. The van der Waals surface area contributed by atoms with Gasteiger partial charge < -0.3 is 18.9 Å². The molecule has 0 atom stereocenters. The first kappa shape index (κ1) is 22.2. The second-order valence-electron chi connectivity index (χ2n) is 6.48. The maximum atomic E-state index is 12.6. The minimum Gasteiger partial charge on any atom is -0.497 e. The minimum absolute atomic E-state index is 0.228. The largest absolute Gasteiger partial charge is 0.497 e. The van der Waals surface area contributed by atoms with E-state index in [0.29, 0.717) is 27.8 Å². The maximum absolute atomic E-state index is 12.6. The van der Waals surface area contributed by atoms with E-state index < -0.39 is 18.4 Å². The third kappa shape index (κ3) is 5.77. The summed E-state index contributed by atoms with van der Waals surface area (Å²) in [6, 6.07) is 18.7. The molecular weight excluding hydrogens is 420 g/mol. The minimum atomic E-state index is -0.660. The first-order valence-electron chi connectivity index (χ1n) is 9.40.